The largest absolute Gasteiger partial charge is 0.508 e. The van der Waals surface area contributed by atoms with Crippen LogP contribution in [0.15, 0.2) is 66.5 Å². The van der Waals surface area contributed by atoms with Crippen LogP contribution < -0.4 is 14.2 Å². The van der Waals surface area contributed by atoms with Gasteiger partial charge in [-0.2, -0.15) is 0 Å². The molecule has 0 aliphatic carbocycles. The molecule has 2 atom stereocenters. The Morgan fingerprint density at radius 3 is 2.12 bits per heavy atom. The van der Waals surface area contributed by atoms with Gasteiger partial charge in [0.25, 0.3) is 0 Å². The minimum Gasteiger partial charge on any atom is -0.508 e. The fourth-order valence-electron chi connectivity index (χ4n) is 2.76. The van der Waals surface area contributed by atoms with E-state index in [9.17, 15) is 9.90 Å². The van der Waals surface area contributed by atoms with Gasteiger partial charge in [-0.25, -0.2) is 0 Å². The SMILES string of the molecule is CCC(C)Oc1ccc(/C=C/C(=O)C=C(O)/C=C/c2ccc(OC(C)CC)c(OC)c2)cc1. The lowest BCUT2D eigenvalue weighted by Gasteiger charge is -2.15. The summed E-state index contributed by atoms with van der Waals surface area (Å²) in [4.78, 5) is 12.1. The molecule has 2 aromatic rings. The summed E-state index contributed by atoms with van der Waals surface area (Å²) in [5.74, 6) is 1.63. The van der Waals surface area contributed by atoms with Crippen LogP contribution in [0.5, 0.6) is 17.2 Å². The van der Waals surface area contributed by atoms with Crippen molar-refractivity contribution in [1.29, 1.82) is 0 Å². The molecule has 0 aliphatic heterocycles. The molecule has 5 nitrogen and oxygen atoms in total. The summed E-state index contributed by atoms with van der Waals surface area (Å²) in [6.07, 6.45) is 9.53. The van der Waals surface area contributed by atoms with E-state index in [0.29, 0.717) is 11.5 Å². The minimum absolute atomic E-state index is 0.0855. The van der Waals surface area contributed by atoms with Crippen molar-refractivity contribution in [2.24, 2.45) is 0 Å². The molecule has 33 heavy (non-hydrogen) atoms. The van der Waals surface area contributed by atoms with Crippen LogP contribution in [0.2, 0.25) is 0 Å². The monoisotopic (exact) mass is 450 g/mol. The van der Waals surface area contributed by atoms with Gasteiger partial charge < -0.3 is 19.3 Å². The number of ether oxygens (including phenoxy) is 3. The lowest BCUT2D eigenvalue weighted by molar-refractivity contribution is -0.110. The summed E-state index contributed by atoms with van der Waals surface area (Å²) in [6.45, 7) is 8.15. The summed E-state index contributed by atoms with van der Waals surface area (Å²) in [6, 6.07) is 13.0. The third-order valence-electron chi connectivity index (χ3n) is 5.06. The first kappa shape index (κ1) is 25.8. The van der Waals surface area contributed by atoms with Crippen LogP contribution in [0.3, 0.4) is 0 Å². The maximum atomic E-state index is 12.1. The zero-order valence-corrected chi connectivity index (χ0v) is 20.1. The Kier molecular flexibility index (Phi) is 10.3. The number of allylic oxidation sites excluding steroid dienone is 3. The first-order valence-electron chi connectivity index (χ1n) is 11.3. The van der Waals surface area contributed by atoms with E-state index in [4.69, 9.17) is 14.2 Å². The zero-order valence-electron chi connectivity index (χ0n) is 20.1. The number of carbonyl (C=O) groups is 1. The number of hydrogen-bond acceptors (Lipinski definition) is 5. The van der Waals surface area contributed by atoms with Crippen molar-refractivity contribution < 1.29 is 24.1 Å². The molecule has 1 N–H and O–H groups in total. The molecular formula is C28H34O5. The molecule has 5 heteroatoms. The van der Waals surface area contributed by atoms with Crippen molar-refractivity contribution in [2.45, 2.75) is 52.7 Å². The van der Waals surface area contributed by atoms with Crippen LogP contribution in [0, 0.1) is 0 Å². The van der Waals surface area contributed by atoms with E-state index in [-0.39, 0.29) is 23.8 Å². The number of aliphatic hydroxyl groups excluding tert-OH is 1. The van der Waals surface area contributed by atoms with E-state index < -0.39 is 0 Å². The van der Waals surface area contributed by atoms with E-state index in [1.54, 1.807) is 19.3 Å². The number of rotatable bonds is 12. The van der Waals surface area contributed by atoms with Crippen molar-refractivity contribution in [3.8, 4) is 17.2 Å². The van der Waals surface area contributed by atoms with Gasteiger partial charge >= 0.3 is 0 Å². The van der Waals surface area contributed by atoms with Crippen molar-refractivity contribution in [2.75, 3.05) is 7.11 Å². The number of carbonyl (C=O) groups excluding carboxylic acids is 1. The molecule has 2 rings (SSSR count). The van der Waals surface area contributed by atoms with Crippen LogP contribution in [0.4, 0.5) is 0 Å². The molecule has 0 aromatic heterocycles. The van der Waals surface area contributed by atoms with E-state index in [1.165, 1.54) is 18.2 Å². The fourth-order valence-corrected chi connectivity index (χ4v) is 2.76. The van der Waals surface area contributed by atoms with Gasteiger partial charge in [0.1, 0.15) is 11.5 Å². The van der Waals surface area contributed by atoms with Gasteiger partial charge in [-0.3, -0.25) is 4.79 Å². The lowest BCUT2D eigenvalue weighted by Crippen LogP contribution is -2.10. The standard InChI is InChI=1S/C28H34O5/c1-6-20(3)32-26-15-10-22(11-16-26)8-13-24(29)19-25(30)14-9-23-12-17-27(28(18-23)31-5)33-21(4)7-2/h8-21,30H,6-7H2,1-5H3/b13-8+,14-9+,25-19?. The second kappa shape index (κ2) is 13.2. The van der Waals surface area contributed by atoms with Gasteiger partial charge in [-0.15, -0.1) is 0 Å². The van der Waals surface area contributed by atoms with Gasteiger partial charge in [0, 0.05) is 6.08 Å². The Hall–Kier alpha value is -3.47. The van der Waals surface area contributed by atoms with Gasteiger partial charge in [0.2, 0.25) is 0 Å². The quantitative estimate of drug-likeness (QED) is 0.219. The Morgan fingerprint density at radius 1 is 0.879 bits per heavy atom. The van der Waals surface area contributed by atoms with Crippen molar-refractivity contribution in [1.82, 2.24) is 0 Å². The molecule has 0 amide bonds. The van der Waals surface area contributed by atoms with Gasteiger partial charge in [-0.1, -0.05) is 44.2 Å². The van der Waals surface area contributed by atoms with Crippen molar-refractivity contribution >= 4 is 17.9 Å². The number of benzene rings is 2. The molecule has 0 radical (unpaired) electrons. The second-order valence-corrected chi connectivity index (χ2v) is 7.79. The predicted octanol–water partition coefficient (Wildman–Crippen LogP) is 6.79. The highest BCUT2D eigenvalue weighted by molar-refractivity contribution is 6.02. The fraction of sp³-hybridized carbons (Fsp3) is 0.321. The molecule has 176 valence electrons. The van der Waals surface area contributed by atoms with Crippen LogP contribution in [-0.4, -0.2) is 30.2 Å². The van der Waals surface area contributed by atoms with E-state index in [0.717, 1.165) is 29.7 Å². The minimum atomic E-state index is -0.313. The lowest BCUT2D eigenvalue weighted by atomic mass is 10.1. The smallest absolute Gasteiger partial charge is 0.182 e. The molecule has 0 fully saturated rings. The van der Waals surface area contributed by atoms with Gasteiger partial charge in [0.05, 0.1) is 19.3 Å². The maximum Gasteiger partial charge on any atom is 0.182 e. The summed E-state index contributed by atoms with van der Waals surface area (Å²) in [5, 5.41) is 10.1. The molecule has 0 bridgehead atoms. The number of aliphatic hydroxyl groups is 1. The highest BCUT2D eigenvalue weighted by Crippen LogP contribution is 2.30. The predicted molar refractivity (Wildman–Crippen MR) is 134 cm³/mol. The van der Waals surface area contributed by atoms with Gasteiger partial charge in [-0.05, 0) is 74.2 Å². The third kappa shape index (κ3) is 8.89. The first-order valence-corrected chi connectivity index (χ1v) is 11.3. The summed E-state index contributed by atoms with van der Waals surface area (Å²) < 4.78 is 17.0. The van der Waals surface area contributed by atoms with Crippen LogP contribution in [-0.2, 0) is 4.79 Å². The van der Waals surface area contributed by atoms with Crippen molar-refractivity contribution in [3.05, 3.63) is 77.6 Å². The topological polar surface area (TPSA) is 65.0 Å². The Bertz CT molecular complexity index is 986. The average Bonchev–Trinajstić information content (AvgIpc) is 2.82. The summed E-state index contributed by atoms with van der Waals surface area (Å²) >= 11 is 0. The molecule has 2 aromatic carbocycles. The van der Waals surface area contributed by atoms with Gasteiger partial charge in [0.15, 0.2) is 17.3 Å². The second-order valence-electron chi connectivity index (χ2n) is 7.79. The van der Waals surface area contributed by atoms with E-state index in [1.807, 2.05) is 56.3 Å². The molecular weight excluding hydrogens is 416 g/mol. The Balaban J connectivity index is 1.98. The number of hydrogen-bond donors (Lipinski definition) is 1. The highest BCUT2D eigenvalue weighted by Gasteiger charge is 2.08. The molecule has 2 unspecified atom stereocenters. The number of ketones is 1. The molecule has 0 saturated heterocycles. The summed E-state index contributed by atoms with van der Waals surface area (Å²) in [7, 11) is 1.58. The zero-order chi connectivity index (χ0) is 24.2. The number of methoxy groups -OCH3 is 1. The average molecular weight is 451 g/mol. The molecule has 0 saturated carbocycles. The van der Waals surface area contributed by atoms with Crippen LogP contribution in [0.1, 0.15) is 51.7 Å². The first-order chi connectivity index (χ1) is 15.8. The van der Waals surface area contributed by atoms with E-state index in [2.05, 4.69) is 13.8 Å². The molecule has 0 aliphatic rings. The Morgan fingerprint density at radius 2 is 1.48 bits per heavy atom. The molecule has 0 spiro atoms. The third-order valence-corrected chi connectivity index (χ3v) is 5.06. The van der Waals surface area contributed by atoms with Crippen LogP contribution in [0.25, 0.3) is 12.2 Å². The molecule has 0 heterocycles. The normalized spacial score (nSPS) is 13.8. The van der Waals surface area contributed by atoms with E-state index >= 15 is 0 Å². The summed E-state index contributed by atoms with van der Waals surface area (Å²) in [5.41, 5.74) is 1.68. The maximum absolute atomic E-state index is 12.1. The Labute approximate surface area is 197 Å². The van der Waals surface area contributed by atoms with Crippen LogP contribution >= 0.6 is 0 Å². The van der Waals surface area contributed by atoms with Crippen molar-refractivity contribution in [3.63, 3.8) is 0 Å². The highest BCUT2D eigenvalue weighted by atomic mass is 16.5.